The summed E-state index contributed by atoms with van der Waals surface area (Å²) < 4.78 is 0. The monoisotopic (exact) mass is 340 g/mol. The number of ketones is 1. The number of anilines is 1. The number of aryl methyl sites for hydroxylation is 1. The lowest BCUT2D eigenvalue weighted by Crippen LogP contribution is -2.30. The molecule has 25 heavy (non-hydrogen) atoms. The number of hydrazine groups is 1. The second-order valence-electron chi connectivity index (χ2n) is 6.26. The minimum atomic E-state index is -0.637. The van der Waals surface area contributed by atoms with Gasteiger partial charge in [0, 0.05) is 12.0 Å². The van der Waals surface area contributed by atoms with Gasteiger partial charge in [0.2, 0.25) is 6.04 Å². The van der Waals surface area contributed by atoms with Crippen LogP contribution in [-0.4, -0.2) is 21.6 Å². The number of hydrogen-bond acceptors (Lipinski definition) is 4. The van der Waals surface area contributed by atoms with Gasteiger partial charge >= 0.3 is 0 Å². The van der Waals surface area contributed by atoms with E-state index in [-0.39, 0.29) is 23.4 Å². The highest BCUT2D eigenvalue weighted by Gasteiger charge is 2.39. The highest BCUT2D eigenvalue weighted by atomic mass is 16.6. The zero-order valence-electron chi connectivity index (χ0n) is 14.0. The summed E-state index contributed by atoms with van der Waals surface area (Å²) in [5.41, 5.74) is 4.63. The molecular weight excluding hydrogens is 322 g/mol. The van der Waals surface area contributed by atoms with Crippen LogP contribution in [0, 0.1) is 28.9 Å². The summed E-state index contributed by atoms with van der Waals surface area (Å²) in [5.74, 6) is -0.392. The van der Waals surface area contributed by atoms with Crippen molar-refractivity contribution in [3.05, 3.63) is 73.7 Å². The maximum atomic E-state index is 12.7. The predicted octanol–water partition coefficient (Wildman–Crippen LogP) is 3.52. The minimum Gasteiger partial charge on any atom is -0.294 e. The molecular formula is C18H18N3O4+. The molecule has 0 saturated heterocycles. The molecule has 0 bridgehead atoms. The number of nitro groups is 1. The Morgan fingerprint density at radius 3 is 2.60 bits per heavy atom. The third-order valence-corrected chi connectivity index (χ3v) is 4.57. The second-order valence-corrected chi connectivity index (χ2v) is 6.26. The van der Waals surface area contributed by atoms with Crippen LogP contribution in [0.4, 0.5) is 11.4 Å². The van der Waals surface area contributed by atoms with Crippen LogP contribution in [0.25, 0.3) is 0 Å². The van der Waals surface area contributed by atoms with Gasteiger partial charge in [-0.05, 0) is 31.0 Å². The topological polar surface area (TPSA) is 92.3 Å². The quantitative estimate of drug-likeness (QED) is 0.524. The molecule has 0 aromatic heterocycles. The molecule has 1 N–H and O–H groups in total. The van der Waals surface area contributed by atoms with Crippen molar-refractivity contribution < 1.29 is 14.6 Å². The lowest BCUT2D eigenvalue weighted by atomic mass is 9.94. The largest absolute Gasteiger partial charge is 0.294 e. The highest BCUT2D eigenvalue weighted by Crippen LogP contribution is 2.36. The summed E-state index contributed by atoms with van der Waals surface area (Å²) in [4.78, 5) is 36.8. The van der Waals surface area contributed by atoms with Crippen LogP contribution in [0.3, 0.4) is 0 Å². The number of rotatable bonds is 3. The molecule has 2 aromatic carbocycles. The summed E-state index contributed by atoms with van der Waals surface area (Å²) in [7, 11) is 0. The fourth-order valence-electron chi connectivity index (χ4n) is 3.15. The smallest absolute Gasteiger partial charge is 0.285 e. The molecule has 7 nitrogen and oxygen atoms in total. The van der Waals surface area contributed by atoms with Crippen LogP contribution in [0.5, 0.6) is 0 Å². The van der Waals surface area contributed by atoms with Gasteiger partial charge < -0.3 is 0 Å². The number of hydrogen-bond donors (Lipinski definition) is 1. The number of nitrogens with zero attached hydrogens (tertiary/aromatic N) is 2. The molecule has 0 fully saturated rings. The Morgan fingerprint density at radius 2 is 1.96 bits per heavy atom. The Labute approximate surface area is 144 Å². The average Bonchev–Trinajstić information content (AvgIpc) is 2.67. The zero-order valence-corrected chi connectivity index (χ0v) is 14.0. The first-order valence-corrected chi connectivity index (χ1v) is 7.97. The number of fused-ring (bicyclic) bond motifs is 1. The van der Waals surface area contributed by atoms with E-state index in [1.807, 2.05) is 30.3 Å². The van der Waals surface area contributed by atoms with Gasteiger partial charge in [0.15, 0.2) is 5.78 Å². The van der Waals surface area contributed by atoms with E-state index in [2.05, 4.69) is 5.43 Å². The minimum absolute atomic E-state index is 0.00971. The van der Waals surface area contributed by atoms with E-state index in [0.717, 1.165) is 5.56 Å². The second kappa shape index (κ2) is 6.43. The predicted molar refractivity (Wildman–Crippen MR) is 92.7 cm³/mol. The van der Waals surface area contributed by atoms with E-state index in [1.165, 1.54) is 0 Å². The molecule has 2 aromatic rings. The van der Waals surface area contributed by atoms with Crippen molar-refractivity contribution in [1.82, 2.24) is 0 Å². The van der Waals surface area contributed by atoms with Crippen molar-refractivity contribution in [2.75, 3.05) is 5.43 Å². The summed E-state index contributed by atoms with van der Waals surface area (Å²) >= 11 is 0. The lowest BCUT2D eigenvalue weighted by Gasteiger charge is -2.08. The van der Waals surface area contributed by atoms with Crippen molar-refractivity contribution in [1.29, 1.82) is 0 Å². The number of nitrogens with one attached hydrogen (secondary N) is 1. The van der Waals surface area contributed by atoms with E-state index in [9.17, 15) is 19.8 Å². The molecule has 1 heterocycles. The van der Waals surface area contributed by atoms with Gasteiger partial charge in [0.25, 0.3) is 5.69 Å². The van der Waals surface area contributed by atoms with Crippen LogP contribution in [0.2, 0.25) is 0 Å². The standard InChI is InChI=1S/C18H17N3O4/c1-11-8-15-17(18(12(11)2)21(24)25)16(22)10-14(20(23)19-15)9-13-6-4-3-5-7-13/h3-8,14H,9-10H2,1-2H3/p+1. The number of nitro benzene ring substituents is 1. The van der Waals surface area contributed by atoms with Crippen molar-refractivity contribution in [3.63, 3.8) is 0 Å². The molecule has 1 unspecified atom stereocenters. The Kier molecular flexibility index (Phi) is 4.31. The van der Waals surface area contributed by atoms with E-state index >= 15 is 0 Å². The molecule has 1 aliphatic heterocycles. The highest BCUT2D eigenvalue weighted by molar-refractivity contribution is 6.06. The van der Waals surface area contributed by atoms with E-state index in [1.54, 1.807) is 19.9 Å². The van der Waals surface area contributed by atoms with Crippen molar-refractivity contribution >= 4 is 17.2 Å². The average molecular weight is 340 g/mol. The van der Waals surface area contributed by atoms with Crippen molar-refractivity contribution in [2.24, 2.45) is 0 Å². The first-order chi connectivity index (χ1) is 11.9. The van der Waals surface area contributed by atoms with Gasteiger partial charge in [0.1, 0.15) is 16.1 Å². The van der Waals surface area contributed by atoms with Crippen molar-refractivity contribution in [3.8, 4) is 0 Å². The molecule has 1 aliphatic rings. The number of carbonyl (C=O) groups excluding carboxylic acids is 1. The molecule has 0 aliphatic carbocycles. The SMILES string of the molecule is Cc1cc2c(c([N+](=O)[O-])c1C)C(=O)CC(Cc1ccccc1)[N+](=O)N2. The Hall–Kier alpha value is -3.09. The number of carbonyl (C=O) groups is 1. The van der Waals surface area contributed by atoms with Gasteiger partial charge in [-0.25, -0.2) is 0 Å². The van der Waals surface area contributed by atoms with Crippen LogP contribution < -0.4 is 5.43 Å². The maximum absolute atomic E-state index is 12.7. The molecule has 7 heteroatoms. The van der Waals surface area contributed by atoms with Crippen LogP contribution in [0.1, 0.15) is 33.5 Å². The first kappa shape index (κ1) is 16.8. The number of Topliss-reactive ketones (excluding diaryl/α,β-unsaturated/α-hetero) is 1. The normalized spacial score (nSPS) is 16.8. The Morgan fingerprint density at radius 1 is 1.28 bits per heavy atom. The van der Waals surface area contributed by atoms with Crippen LogP contribution in [0.15, 0.2) is 36.4 Å². The zero-order chi connectivity index (χ0) is 18.1. The van der Waals surface area contributed by atoms with Crippen LogP contribution in [-0.2, 0) is 6.42 Å². The van der Waals surface area contributed by atoms with Gasteiger partial charge in [-0.2, -0.15) is 0 Å². The van der Waals surface area contributed by atoms with Gasteiger partial charge in [-0.3, -0.25) is 14.9 Å². The fourth-order valence-corrected chi connectivity index (χ4v) is 3.15. The van der Waals surface area contributed by atoms with E-state index in [4.69, 9.17) is 0 Å². The van der Waals surface area contributed by atoms with Gasteiger partial charge in [-0.15, -0.1) is 5.43 Å². The molecule has 0 saturated carbocycles. The summed E-state index contributed by atoms with van der Waals surface area (Å²) in [5, 5.41) is 11.5. The Balaban J connectivity index is 2.02. The van der Waals surface area contributed by atoms with Gasteiger partial charge in [0.05, 0.1) is 16.3 Å². The molecule has 0 radical (unpaired) electrons. The third kappa shape index (κ3) is 3.13. The molecule has 0 amide bonds. The van der Waals surface area contributed by atoms with Crippen LogP contribution >= 0.6 is 0 Å². The first-order valence-electron chi connectivity index (χ1n) is 7.97. The Bertz CT molecular complexity index is 878. The van der Waals surface area contributed by atoms with E-state index in [0.29, 0.717) is 22.4 Å². The van der Waals surface area contributed by atoms with E-state index < -0.39 is 16.7 Å². The fraction of sp³-hybridized carbons (Fsp3) is 0.278. The van der Waals surface area contributed by atoms with Crippen molar-refractivity contribution in [2.45, 2.75) is 32.7 Å². The number of benzene rings is 2. The summed E-state index contributed by atoms with van der Waals surface area (Å²) in [6.07, 6.45) is 0.296. The maximum Gasteiger partial charge on any atom is 0.285 e. The molecule has 128 valence electrons. The molecule has 0 spiro atoms. The summed E-state index contributed by atoms with van der Waals surface area (Å²) in [6.45, 7) is 3.33. The van der Waals surface area contributed by atoms with Gasteiger partial charge in [-0.1, -0.05) is 30.3 Å². The molecule has 3 rings (SSSR count). The molecule has 1 atom stereocenters. The third-order valence-electron chi connectivity index (χ3n) is 4.57. The summed E-state index contributed by atoms with van der Waals surface area (Å²) in [6, 6.07) is 10.3. The lowest BCUT2D eigenvalue weighted by molar-refractivity contribution is -0.555. The number of nitroso groups, excluding NO2 is 1.